The third-order valence-corrected chi connectivity index (χ3v) is 5.43. The maximum absolute atomic E-state index is 13.4. The van der Waals surface area contributed by atoms with E-state index in [0.29, 0.717) is 5.56 Å². The first-order valence-electron chi connectivity index (χ1n) is 9.27. The Hall–Kier alpha value is -3.00. The molecule has 3 aromatic rings. The number of carbonyl (C=O) groups is 1. The van der Waals surface area contributed by atoms with Gasteiger partial charge in [0.05, 0.1) is 16.6 Å². The van der Waals surface area contributed by atoms with E-state index in [0.717, 1.165) is 11.1 Å². The second kappa shape index (κ2) is 8.79. The van der Waals surface area contributed by atoms with E-state index in [9.17, 15) is 9.18 Å². The van der Waals surface area contributed by atoms with Gasteiger partial charge in [0.25, 0.3) is 0 Å². The molecule has 0 aromatic heterocycles. The Kier molecular flexibility index (Phi) is 5.94. The highest BCUT2D eigenvalue weighted by Crippen LogP contribution is 2.44. The van der Waals surface area contributed by atoms with Gasteiger partial charge in [0.1, 0.15) is 6.61 Å². The van der Waals surface area contributed by atoms with E-state index in [1.54, 1.807) is 0 Å². The van der Waals surface area contributed by atoms with Crippen molar-refractivity contribution < 1.29 is 13.9 Å². The van der Waals surface area contributed by atoms with E-state index in [2.05, 4.69) is 41.4 Å². The van der Waals surface area contributed by atoms with Crippen molar-refractivity contribution in [1.29, 1.82) is 0 Å². The molecule has 0 unspecified atom stereocenters. The number of rotatable bonds is 3. The number of alkyl carbamates (subject to hydrolysis) is 1. The average molecular weight is 440 g/mol. The summed E-state index contributed by atoms with van der Waals surface area (Å²) in [5.41, 5.74) is 5.10. The van der Waals surface area contributed by atoms with Crippen molar-refractivity contribution in [2.24, 2.45) is 0 Å². The smallest absolute Gasteiger partial charge is 0.407 e. The lowest BCUT2D eigenvalue weighted by atomic mass is 9.98. The molecule has 1 N–H and O–H groups in total. The molecule has 1 amide bonds. The molecule has 0 aliphatic heterocycles. The van der Waals surface area contributed by atoms with Gasteiger partial charge in [-0.25, -0.2) is 9.18 Å². The molecule has 0 heterocycles. The zero-order chi connectivity index (χ0) is 21.1. The van der Waals surface area contributed by atoms with Crippen LogP contribution in [0, 0.1) is 17.7 Å². The van der Waals surface area contributed by atoms with E-state index in [4.69, 9.17) is 27.9 Å². The summed E-state index contributed by atoms with van der Waals surface area (Å²) < 4.78 is 18.9. The summed E-state index contributed by atoms with van der Waals surface area (Å²) in [4.78, 5) is 12.1. The summed E-state index contributed by atoms with van der Waals surface area (Å²) in [7, 11) is 0. The number of fused-ring (bicyclic) bond motifs is 3. The lowest BCUT2D eigenvalue weighted by Crippen LogP contribution is -2.26. The van der Waals surface area contributed by atoms with Gasteiger partial charge < -0.3 is 10.1 Å². The first-order chi connectivity index (χ1) is 14.5. The summed E-state index contributed by atoms with van der Waals surface area (Å²) in [5.74, 6) is 4.86. The molecular weight excluding hydrogens is 424 g/mol. The Morgan fingerprint density at radius 1 is 1.00 bits per heavy atom. The average Bonchev–Trinajstić information content (AvgIpc) is 3.07. The largest absolute Gasteiger partial charge is 0.449 e. The summed E-state index contributed by atoms with van der Waals surface area (Å²) >= 11 is 11.5. The van der Waals surface area contributed by atoms with Gasteiger partial charge in [0.2, 0.25) is 0 Å². The fourth-order valence-corrected chi connectivity index (χ4v) is 4.03. The topological polar surface area (TPSA) is 38.3 Å². The molecule has 150 valence electrons. The van der Waals surface area contributed by atoms with E-state index < -0.39 is 11.9 Å². The van der Waals surface area contributed by atoms with Crippen LogP contribution in [-0.2, 0) is 4.74 Å². The molecule has 4 rings (SSSR count). The first-order valence-corrected chi connectivity index (χ1v) is 10.0. The molecule has 0 saturated heterocycles. The molecule has 0 radical (unpaired) electrons. The van der Waals surface area contributed by atoms with Gasteiger partial charge >= 0.3 is 6.09 Å². The Morgan fingerprint density at radius 2 is 1.57 bits per heavy atom. The lowest BCUT2D eigenvalue weighted by Gasteiger charge is -2.14. The van der Waals surface area contributed by atoms with Crippen LogP contribution in [0.5, 0.6) is 0 Å². The maximum atomic E-state index is 13.4. The highest BCUT2D eigenvalue weighted by Gasteiger charge is 2.28. The Morgan fingerprint density at radius 3 is 2.17 bits per heavy atom. The number of carbonyl (C=O) groups excluding carboxylic acids is 1. The van der Waals surface area contributed by atoms with Gasteiger partial charge in [-0.15, -0.1) is 0 Å². The van der Waals surface area contributed by atoms with Crippen molar-refractivity contribution in [1.82, 2.24) is 5.32 Å². The Balaban J connectivity index is 1.35. The quantitative estimate of drug-likeness (QED) is 0.400. The van der Waals surface area contributed by atoms with Crippen molar-refractivity contribution in [3.05, 3.63) is 93.2 Å². The highest BCUT2D eigenvalue weighted by atomic mass is 35.5. The minimum absolute atomic E-state index is 0.00210. The minimum Gasteiger partial charge on any atom is -0.449 e. The predicted molar refractivity (Wildman–Crippen MR) is 116 cm³/mol. The van der Waals surface area contributed by atoms with Crippen LogP contribution in [0.3, 0.4) is 0 Å². The highest BCUT2D eigenvalue weighted by molar-refractivity contribution is 6.35. The molecule has 0 bridgehead atoms. The van der Waals surface area contributed by atoms with Crippen molar-refractivity contribution >= 4 is 29.3 Å². The van der Waals surface area contributed by atoms with Crippen molar-refractivity contribution in [2.75, 3.05) is 13.2 Å². The van der Waals surface area contributed by atoms with Gasteiger partial charge in [-0.1, -0.05) is 83.6 Å². The summed E-state index contributed by atoms with van der Waals surface area (Å²) in [5, 5.41) is 2.39. The van der Waals surface area contributed by atoms with E-state index >= 15 is 0 Å². The van der Waals surface area contributed by atoms with E-state index in [1.807, 2.05) is 24.3 Å². The molecule has 0 fully saturated rings. The van der Waals surface area contributed by atoms with Crippen LogP contribution in [0.2, 0.25) is 10.0 Å². The van der Waals surface area contributed by atoms with Crippen LogP contribution in [0.15, 0.2) is 60.7 Å². The second-order valence-electron chi connectivity index (χ2n) is 6.73. The third-order valence-electron chi connectivity index (χ3n) is 4.88. The molecule has 1 aliphatic carbocycles. The molecule has 1 aliphatic rings. The Bertz CT molecular complexity index is 1110. The maximum Gasteiger partial charge on any atom is 0.407 e. The van der Waals surface area contributed by atoms with Crippen LogP contribution in [0.1, 0.15) is 22.6 Å². The number of nitrogens with one attached hydrogen (secondary N) is 1. The van der Waals surface area contributed by atoms with Crippen LogP contribution < -0.4 is 5.32 Å². The van der Waals surface area contributed by atoms with Gasteiger partial charge in [-0.2, -0.15) is 0 Å². The van der Waals surface area contributed by atoms with Gasteiger partial charge in [-0.05, 0) is 34.4 Å². The molecule has 30 heavy (non-hydrogen) atoms. The second-order valence-corrected chi connectivity index (χ2v) is 7.55. The molecule has 3 aromatic carbocycles. The number of ether oxygens (including phenoxy) is 1. The van der Waals surface area contributed by atoms with Gasteiger partial charge in [-0.3, -0.25) is 0 Å². The summed E-state index contributed by atoms with van der Waals surface area (Å²) in [6, 6.07) is 19.0. The number of halogens is 3. The number of hydrogen-bond acceptors (Lipinski definition) is 2. The van der Waals surface area contributed by atoms with Crippen molar-refractivity contribution in [3.63, 3.8) is 0 Å². The molecular formula is C24H16Cl2FNO2. The molecule has 0 spiro atoms. The SMILES string of the molecule is O=C(NCC#Cc1cc(Cl)c(F)c(Cl)c1)OCC1c2ccccc2-c2ccccc21. The van der Waals surface area contributed by atoms with Crippen molar-refractivity contribution in [3.8, 4) is 23.0 Å². The molecule has 6 heteroatoms. The first kappa shape index (κ1) is 20.3. The third kappa shape index (κ3) is 4.14. The number of hydrogen-bond donors (Lipinski definition) is 1. The monoisotopic (exact) mass is 439 g/mol. The normalized spacial score (nSPS) is 11.8. The van der Waals surface area contributed by atoms with Gasteiger partial charge in [0, 0.05) is 11.5 Å². The lowest BCUT2D eigenvalue weighted by molar-refractivity contribution is 0.144. The van der Waals surface area contributed by atoms with E-state index in [-0.39, 0.29) is 29.1 Å². The van der Waals surface area contributed by atoms with Crippen LogP contribution in [-0.4, -0.2) is 19.2 Å². The minimum atomic E-state index is -0.680. The molecule has 3 nitrogen and oxygen atoms in total. The fourth-order valence-electron chi connectivity index (χ4n) is 3.54. The van der Waals surface area contributed by atoms with Crippen LogP contribution in [0.25, 0.3) is 11.1 Å². The number of benzene rings is 3. The van der Waals surface area contributed by atoms with Crippen molar-refractivity contribution in [2.45, 2.75) is 5.92 Å². The molecule has 0 atom stereocenters. The van der Waals surface area contributed by atoms with E-state index in [1.165, 1.54) is 23.3 Å². The zero-order valence-corrected chi connectivity index (χ0v) is 17.2. The molecule has 0 saturated carbocycles. The number of amides is 1. The Labute approximate surface area is 183 Å². The fraction of sp³-hybridized carbons (Fsp3) is 0.125. The van der Waals surface area contributed by atoms with Crippen LogP contribution in [0.4, 0.5) is 9.18 Å². The standard InChI is InChI=1S/C24H16Cl2FNO2/c25-21-12-15(13-22(26)23(21)27)6-5-11-28-24(29)30-14-20-18-9-3-1-7-16(18)17-8-2-4-10-19(17)20/h1-4,7-10,12-13,20H,11,14H2,(H,28,29). The zero-order valence-electron chi connectivity index (χ0n) is 15.7. The predicted octanol–water partition coefficient (Wildman–Crippen LogP) is 6.02. The summed E-state index contributed by atoms with van der Waals surface area (Å²) in [6.07, 6.45) is -0.554. The summed E-state index contributed by atoms with van der Waals surface area (Å²) in [6.45, 7) is 0.305. The van der Waals surface area contributed by atoms with Crippen LogP contribution >= 0.6 is 23.2 Å². The van der Waals surface area contributed by atoms with Gasteiger partial charge in [0.15, 0.2) is 5.82 Å².